The van der Waals surface area contributed by atoms with Gasteiger partial charge in [-0.2, -0.15) is 0 Å². The van der Waals surface area contributed by atoms with Crippen molar-refractivity contribution in [3.8, 4) is 0 Å². The predicted octanol–water partition coefficient (Wildman–Crippen LogP) is 4.64. The van der Waals surface area contributed by atoms with E-state index in [1.54, 1.807) is 0 Å². The summed E-state index contributed by atoms with van der Waals surface area (Å²) in [6.45, 7) is 7.99. The number of hydrogen-bond acceptors (Lipinski definition) is 2. The lowest BCUT2D eigenvalue weighted by Crippen LogP contribution is -2.13. The van der Waals surface area contributed by atoms with Crippen LogP contribution in [0.15, 0.2) is 54.6 Å². The van der Waals surface area contributed by atoms with Crippen LogP contribution in [0.3, 0.4) is 0 Å². The highest BCUT2D eigenvalue weighted by Crippen LogP contribution is 2.29. The largest absolute Gasteiger partial charge is 0.453 e. The lowest BCUT2D eigenvalue weighted by molar-refractivity contribution is -0.144. The van der Waals surface area contributed by atoms with Crippen LogP contribution in [-0.2, 0) is 14.9 Å². The Morgan fingerprint density at radius 1 is 0.905 bits per heavy atom. The molecule has 0 spiro atoms. The third-order valence-corrected chi connectivity index (χ3v) is 3.47. The average molecular weight is 282 g/mol. The molecule has 0 aliphatic rings. The summed E-state index contributed by atoms with van der Waals surface area (Å²) in [7, 11) is 0. The van der Waals surface area contributed by atoms with Gasteiger partial charge in [0.2, 0.25) is 0 Å². The van der Waals surface area contributed by atoms with E-state index < -0.39 is 0 Å². The first kappa shape index (κ1) is 15.3. The van der Waals surface area contributed by atoms with Gasteiger partial charge in [-0.15, -0.1) is 0 Å². The molecule has 110 valence electrons. The molecular weight excluding hydrogens is 260 g/mol. The average Bonchev–Trinajstić information content (AvgIpc) is 2.45. The van der Waals surface area contributed by atoms with Crippen LogP contribution in [0.1, 0.15) is 50.5 Å². The van der Waals surface area contributed by atoms with Gasteiger partial charge in [-0.25, -0.2) is 0 Å². The van der Waals surface area contributed by atoms with Crippen LogP contribution < -0.4 is 0 Å². The maximum absolute atomic E-state index is 11.4. The maximum atomic E-state index is 11.4. The van der Waals surface area contributed by atoms with Gasteiger partial charge in [0.15, 0.2) is 6.10 Å². The van der Waals surface area contributed by atoms with Gasteiger partial charge >= 0.3 is 5.97 Å². The fourth-order valence-electron chi connectivity index (χ4n) is 2.28. The molecule has 2 rings (SSSR count). The van der Waals surface area contributed by atoms with Gasteiger partial charge in [0.1, 0.15) is 0 Å². The van der Waals surface area contributed by atoms with Crippen molar-refractivity contribution in [2.75, 3.05) is 0 Å². The SMILES string of the molecule is CC(=O)O[C@H](c1ccccc1)c1ccc(C(C)(C)C)cc1. The lowest BCUT2D eigenvalue weighted by Gasteiger charge is -2.22. The standard InChI is InChI=1S/C19H22O2/c1-14(20)21-18(15-8-6-5-7-9-15)16-10-12-17(13-11-16)19(2,3)4/h5-13,18H,1-4H3/t18-/m1/s1. The minimum atomic E-state index is -0.349. The van der Waals surface area contributed by atoms with Crippen LogP contribution in [0.5, 0.6) is 0 Å². The van der Waals surface area contributed by atoms with Crippen LogP contribution in [0, 0.1) is 0 Å². The second kappa shape index (κ2) is 6.13. The van der Waals surface area contributed by atoms with E-state index in [4.69, 9.17) is 4.74 Å². The van der Waals surface area contributed by atoms with E-state index in [1.165, 1.54) is 12.5 Å². The molecule has 21 heavy (non-hydrogen) atoms. The summed E-state index contributed by atoms with van der Waals surface area (Å²) < 4.78 is 5.51. The van der Waals surface area contributed by atoms with E-state index in [9.17, 15) is 4.79 Å². The molecule has 2 nitrogen and oxygen atoms in total. The fraction of sp³-hybridized carbons (Fsp3) is 0.316. The van der Waals surface area contributed by atoms with Gasteiger partial charge in [0.05, 0.1) is 0 Å². The third kappa shape index (κ3) is 3.94. The summed E-state index contributed by atoms with van der Waals surface area (Å²) >= 11 is 0. The molecule has 0 heterocycles. The highest BCUT2D eigenvalue weighted by Gasteiger charge is 2.19. The minimum Gasteiger partial charge on any atom is -0.453 e. The molecule has 2 aromatic rings. The zero-order valence-electron chi connectivity index (χ0n) is 13.1. The van der Waals surface area contributed by atoms with Crippen LogP contribution in [0.25, 0.3) is 0 Å². The first-order chi connectivity index (χ1) is 9.88. The summed E-state index contributed by atoms with van der Waals surface area (Å²) in [5.41, 5.74) is 3.35. The fourth-order valence-corrected chi connectivity index (χ4v) is 2.28. The van der Waals surface area contributed by atoms with E-state index in [2.05, 4.69) is 32.9 Å². The normalized spacial score (nSPS) is 12.8. The smallest absolute Gasteiger partial charge is 0.303 e. The monoisotopic (exact) mass is 282 g/mol. The molecule has 0 aliphatic carbocycles. The van der Waals surface area contributed by atoms with Crippen molar-refractivity contribution in [1.29, 1.82) is 0 Å². The Morgan fingerprint density at radius 2 is 1.43 bits per heavy atom. The Kier molecular flexibility index (Phi) is 4.46. The van der Waals surface area contributed by atoms with E-state index in [-0.39, 0.29) is 17.5 Å². The summed E-state index contributed by atoms with van der Waals surface area (Å²) in [5, 5.41) is 0. The highest BCUT2D eigenvalue weighted by atomic mass is 16.5. The Balaban J connectivity index is 2.36. The quantitative estimate of drug-likeness (QED) is 0.767. The van der Waals surface area contributed by atoms with Gasteiger partial charge in [0.25, 0.3) is 0 Å². The zero-order chi connectivity index (χ0) is 15.5. The Hall–Kier alpha value is -2.09. The summed E-state index contributed by atoms with van der Waals surface area (Å²) in [6.07, 6.45) is -0.349. The van der Waals surface area contributed by atoms with Crippen molar-refractivity contribution in [3.05, 3.63) is 71.3 Å². The van der Waals surface area contributed by atoms with Crippen molar-refractivity contribution in [2.45, 2.75) is 39.2 Å². The van der Waals surface area contributed by atoms with E-state index in [0.29, 0.717) is 0 Å². The molecule has 1 atom stereocenters. The predicted molar refractivity (Wildman–Crippen MR) is 85.2 cm³/mol. The number of benzene rings is 2. The molecule has 0 saturated carbocycles. The number of rotatable bonds is 3. The van der Waals surface area contributed by atoms with Gasteiger partial charge < -0.3 is 4.74 Å². The molecule has 0 aromatic heterocycles. The number of ether oxygens (including phenoxy) is 1. The summed E-state index contributed by atoms with van der Waals surface area (Å²) in [5.74, 6) is -0.274. The molecule has 2 aromatic carbocycles. The van der Waals surface area contributed by atoms with Gasteiger partial charge in [-0.05, 0) is 22.1 Å². The van der Waals surface area contributed by atoms with E-state index in [0.717, 1.165) is 11.1 Å². The van der Waals surface area contributed by atoms with Crippen LogP contribution in [-0.4, -0.2) is 5.97 Å². The number of hydrogen-bond donors (Lipinski definition) is 0. The first-order valence-electron chi connectivity index (χ1n) is 7.20. The van der Waals surface area contributed by atoms with Crippen molar-refractivity contribution < 1.29 is 9.53 Å². The molecule has 0 bridgehead atoms. The third-order valence-electron chi connectivity index (χ3n) is 3.47. The number of carbonyl (C=O) groups is 1. The van der Waals surface area contributed by atoms with Crippen LogP contribution >= 0.6 is 0 Å². The Bertz CT molecular complexity index is 592. The van der Waals surface area contributed by atoms with Crippen molar-refractivity contribution >= 4 is 5.97 Å². The lowest BCUT2D eigenvalue weighted by atomic mass is 9.86. The second-order valence-corrected chi connectivity index (χ2v) is 6.27. The molecule has 0 N–H and O–H groups in total. The van der Waals surface area contributed by atoms with Gasteiger partial charge in [0, 0.05) is 6.92 Å². The van der Waals surface area contributed by atoms with E-state index >= 15 is 0 Å². The van der Waals surface area contributed by atoms with Crippen LogP contribution in [0.2, 0.25) is 0 Å². The summed E-state index contributed by atoms with van der Waals surface area (Å²) in [6, 6.07) is 18.1. The number of esters is 1. The molecule has 0 unspecified atom stereocenters. The van der Waals surface area contributed by atoms with Crippen molar-refractivity contribution in [3.63, 3.8) is 0 Å². The zero-order valence-corrected chi connectivity index (χ0v) is 13.1. The molecular formula is C19H22O2. The van der Waals surface area contributed by atoms with Gasteiger partial charge in [-0.3, -0.25) is 4.79 Å². The molecule has 0 radical (unpaired) electrons. The van der Waals surface area contributed by atoms with Crippen molar-refractivity contribution in [1.82, 2.24) is 0 Å². The molecule has 0 amide bonds. The topological polar surface area (TPSA) is 26.3 Å². The molecule has 2 heteroatoms. The minimum absolute atomic E-state index is 0.113. The van der Waals surface area contributed by atoms with Gasteiger partial charge in [-0.1, -0.05) is 75.4 Å². The summed E-state index contributed by atoms with van der Waals surface area (Å²) in [4.78, 5) is 11.4. The number of carbonyl (C=O) groups excluding carboxylic acids is 1. The van der Waals surface area contributed by atoms with E-state index in [1.807, 2.05) is 42.5 Å². The Morgan fingerprint density at radius 3 is 1.90 bits per heavy atom. The Labute approximate surface area is 126 Å². The first-order valence-corrected chi connectivity index (χ1v) is 7.20. The highest BCUT2D eigenvalue weighted by molar-refractivity contribution is 5.66. The molecule has 0 saturated heterocycles. The van der Waals surface area contributed by atoms with Crippen molar-refractivity contribution in [2.24, 2.45) is 0 Å². The second-order valence-electron chi connectivity index (χ2n) is 6.27. The van der Waals surface area contributed by atoms with Crippen LogP contribution in [0.4, 0.5) is 0 Å². The molecule has 0 fully saturated rings. The molecule has 0 aliphatic heterocycles. The maximum Gasteiger partial charge on any atom is 0.303 e.